The summed E-state index contributed by atoms with van der Waals surface area (Å²) in [6, 6.07) is 17.2. The Morgan fingerprint density at radius 3 is 2.61 bits per heavy atom. The second-order valence-electron chi connectivity index (χ2n) is 7.52. The maximum Gasteiger partial charge on any atom is 0.277 e. The topological polar surface area (TPSA) is 83.0 Å². The first kappa shape index (κ1) is 20.0. The van der Waals surface area contributed by atoms with Gasteiger partial charge in [0, 0.05) is 17.7 Å². The second-order valence-corrected chi connectivity index (χ2v) is 8.49. The number of rotatable bonds is 6. The smallest absolute Gasteiger partial charge is 0.277 e. The minimum absolute atomic E-state index is 0.147. The van der Waals surface area contributed by atoms with E-state index in [2.05, 4.69) is 15.3 Å². The Hall–Kier alpha value is -2.97. The summed E-state index contributed by atoms with van der Waals surface area (Å²) in [7, 11) is 0. The van der Waals surface area contributed by atoms with E-state index >= 15 is 0 Å². The summed E-state index contributed by atoms with van der Waals surface area (Å²) < 4.78 is 13.2. The molecule has 0 saturated carbocycles. The van der Waals surface area contributed by atoms with E-state index in [-0.39, 0.29) is 11.7 Å². The van der Waals surface area contributed by atoms with Gasteiger partial charge in [-0.2, -0.15) is 5.10 Å². The van der Waals surface area contributed by atoms with Crippen LogP contribution in [0.1, 0.15) is 24.8 Å². The van der Waals surface area contributed by atoms with Crippen molar-refractivity contribution >= 4 is 22.5 Å². The van der Waals surface area contributed by atoms with E-state index in [1.54, 1.807) is 6.07 Å². The van der Waals surface area contributed by atoms with Gasteiger partial charge in [-0.05, 0) is 30.9 Å². The average molecular weight is 435 g/mol. The number of thioether (sulfide) groups is 1. The molecular weight excluding hydrogens is 412 g/mol. The Morgan fingerprint density at radius 1 is 1.00 bits per heavy atom. The molecule has 0 spiro atoms. The maximum atomic E-state index is 13.0. The van der Waals surface area contributed by atoms with Crippen LogP contribution in [0.4, 0.5) is 0 Å². The molecule has 4 aromatic rings. The third-order valence-electron chi connectivity index (χ3n) is 5.32. The fourth-order valence-corrected chi connectivity index (χ4v) is 4.55. The highest BCUT2D eigenvalue weighted by Gasteiger charge is 2.20. The Labute approximate surface area is 183 Å². The van der Waals surface area contributed by atoms with Gasteiger partial charge in [-0.3, -0.25) is 4.79 Å². The second kappa shape index (κ2) is 9.03. The highest BCUT2D eigenvalue weighted by Crippen LogP contribution is 2.28. The molecule has 7 nitrogen and oxygen atoms in total. The van der Waals surface area contributed by atoms with Crippen molar-refractivity contribution in [1.82, 2.24) is 20.0 Å². The van der Waals surface area contributed by atoms with Crippen molar-refractivity contribution in [3.8, 4) is 11.6 Å². The third-order valence-corrected chi connectivity index (χ3v) is 6.27. The molecule has 0 amide bonds. The predicted molar refractivity (Wildman–Crippen MR) is 119 cm³/mol. The van der Waals surface area contributed by atoms with Gasteiger partial charge in [-0.1, -0.05) is 60.3 Å². The summed E-state index contributed by atoms with van der Waals surface area (Å²) in [6.07, 6.45) is 3.61. The Bertz CT molecular complexity index is 1230. The van der Waals surface area contributed by atoms with Crippen molar-refractivity contribution in [2.75, 3.05) is 12.4 Å². The van der Waals surface area contributed by atoms with Crippen LogP contribution in [0.25, 0.3) is 22.4 Å². The van der Waals surface area contributed by atoms with Crippen LogP contribution in [0.3, 0.4) is 0 Å². The number of fused-ring (bicyclic) bond motifs is 1. The van der Waals surface area contributed by atoms with Crippen molar-refractivity contribution in [1.29, 1.82) is 0 Å². The quantitative estimate of drug-likeness (QED) is 0.422. The van der Waals surface area contributed by atoms with Crippen LogP contribution < -0.4 is 5.56 Å². The molecule has 158 valence electrons. The van der Waals surface area contributed by atoms with Crippen LogP contribution in [0.15, 0.2) is 69.0 Å². The SMILES string of the molecule is O=c1c2ccccc2c(-c2nnc(SC[C@@H]3CCCCO3)o2)nn1Cc1ccccc1. The van der Waals surface area contributed by atoms with Gasteiger partial charge < -0.3 is 9.15 Å². The highest BCUT2D eigenvalue weighted by atomic mass is 32.2. The molecule has 1 aliphatic rings. The lowest BCUT2D eigenvalue weighted by Crippen LogP contribution is -2.24. The van der Waals surface area contributed by atoms with Crippen molar-refractivity contribution in [3.63, 3.8) is 0 Å². The van der Waals surface area contributed by atoms with E-state index in [0.717, 1.165) is 30.8 Å². The molecular formula is C23H22N4O3S. The van der Waals surface area contributed by atoms with Gasteiger partial charge in [0.05, 0.1) is 18.0 Å². The Balaban J connectivity index is 1.47. The van der Waals surface area contributed by atoms with E-state index in [0.29, 0.717) is 34.1 Å². The highest BCUT2D eigenvalue weighted by molar-refractivity contribution is 7.99. The normalized spacial score (nSPS) is 16.6. The van der Waals surface area contributed by atoms with Crippen LogP contribution in [0.2, 0.25) is 0 Å². The van der Waals surface area contributed by atoms with Crippen LogP contribution in [0.5, 0.6) is 0 Å². The zero-order valence-corrected chi connectivity index (χ0v) is 17.8. The summed E-state index contributed by atoms with van der Waals surface area (Å²) in [6.45, 7) is 1.19. The van der Waals surface area contributed by atoms with Gasteiger partial charge in [0.25, 0.3) is 16.7 Å². The third kappa shape index (κ3) is 4.40. The number of hydrogen-bond acceptors (Lipinski definition) is 7. The monoisotopic (exact) mass is 434 g/mol. The average Bonchev–Trinajstić information content (AvgIpc) is 3.30. The van der Waals surface area contributed by atoms with Crippen LogP contribution >= 0.6 is 11.8 Å². The Morgan fingerprint density at radius 2 is 1.81 bits per heavy atom. The van der Waals surface area contributed by atoms with Crippen molar-refractivity contribution in [2.24, 2.45) is 0 Å². The molecule has 3 heterocycles. The molecule has 1 aliphatic heterocycles. The molecule has 0 bridgehead atoms. The number of benzene rings is 2. The summed E-state index contributed by atoms with van der Waals surface area (Å²) in [5.74, 6) is 1.09. The van der Waals surface area contributed by atoms with E-state index in [4.69, 9.17) is 9.15 Å². The molecule has 5 rings (SSSR count). The largest absolute Gasteiger partial charge is 0.410 e. The van der Waals surface area contributed by atoms with Gasteiger partial charge in [-0.25, -0.2) is 4.68 Å². The van der Waals surface area contributed by atoms with E-state index < -0.39 is 0 Å². The van der Waals surface area contributed by atoms with Gasteiger partial charge in [0.1, 0.15) is 0 Å². The number of hydrogen-bond donors (Lipinski definition) is 0. The molecule has 1 fully saturated rings. The zero-order chi connectivity index (χ0) is 21.0. The molecule has 2 aromatic heterocycles. The van der Waals surface area contributed by atoms with Gasteiger partial charge in [0.15, 0.2) is 5.69 Å². The van der Waals surface area contributed by atoms with E-state index in [1.165, 1.54) is 22.9 Å². The predicted octanol–water partition coefficient (Wildman–Crippen LogP) is 4.16. The molecule has 31 heavy (non-hydrogen) atoms. The van der Waals surface area contributed by atoms with Crippen molar-refractivity contribution < 1.29 is 9.15 Å². The lowest BCUT2D eigenvalue weighted by Gasteiger charge is -2.21. The molecule has 0 aliphatic carbocycles. The summed E-state index contributed by atoms with van der Waals surface area (Å²) in [4.78, 5) is 13.0. The minimum atomic E-state index is -0.147. The van der Waals surface area contributed by atoms with Crippen LogP contribution in [-0.4, -0.2) is 38.4 Å². The molecule has 0 N–H and O–H groups in total. The Kier molecular flexibility index (Phi) is 5.82. The summed E-state index contributed by atoms with van der Waals surface area (Å²) >= 11 is 1.50. The minimum Gasteiger partial charge on any atom is -0.410 e. The fourth-order valence-electron chi connectivity index (χ4n) is 3.72. The van der Waals surface area contributed by atoms with Gasteiger partial charge in [-0.15, -0.1) is 10.2 Å². The maximum absolute atomic E-state index is 13.0. The molecule has 0 unspecified atom stereocenters. The molecule has 2 aromatic carbocycles. The lowest BCUT2D eigenvalue weighted by atomic mass is 10.1. The standard InChI is InChI=1S/C23H22N4O3S/c28-22-19-12-5-4-11-18(19)20(26-27(22)14-16-8-2-1-3-9-16)21-24-25-23(30-21)31-15-17-10-6-7-13-29-17/h1-5,8-9,11-12,17H,6-7,10,13-15H2/t17-/m0/s1. The number of aromatic nitrogens is 4. The van der Waals surface area contributed by atoms with Crippen LogP contribution in [-0.2, 0) is 11.3 Å². The fraction of sp³-hybridized carbons (Fsp3) is 0.304. The zero-order valence-electron chi connectivity index (χ0n) is 16.9. The summed E-state index contributed by atoms with van der Waals surface area (Å²) in [5, 5.41) is 14.8. The first-order chi connectivity index (χ1) is 15.3. The molecule has 0 radical (unpaired) electrons. The van der Waals surface area contributed by atoms with Crippen molar-refractivity contribution in [2.45, 2.75) is 37.1 Å². The molecule has 1 atom stereocenters. The summed E-state index contributed by atoms with van der Waals surface area (Å²) in [5.41, 5.74) is 1.36. The number of nitrogens with zero attached hydrogens (tertiary/aromatic N) is 4. The van der Waals surface area contributed by atoms with Crippen LogP contribution in [0, 0.1) is 0 Å². The van der Waals surface area contributed by atoms with Gasteiger partial charge in [0.2, 0.25) is 0 Å². The number of ether oxygens (including phenoxy) is 1. The van der Waals surface area contributed by atoms with E-state index in [1.807, 2.05) is 48.5 Å². The first-order valence-corrected chi connectivity index (χ1v) is 11.4. The van der Waals surface area contributed by atoms with Gasteiger partial charge >= 0.3 is 0 Å². The first-order valence-electron chi connectivity index (χ1n) is 10.4. The van der Waals surface area contributed by atoms with Crippen molar-refractivity contribution in [3.05, 3.63) is 70.5 Å². The van der Waals surface area contributed by atoms with E-state index in [9.17, 15) is 4.79 Å². The lowest BCUT2D eigenvalue weighted by molar-refractivity contribution is 0.0314. The molecule has 1 saturated heterocycles. The molecule has 8 heteroatoms.